The van der Waals surface area contributed by atoms with Gasteiger partial charge in [-0.25, -0.2) is 0 Å². The summed E-state index contributed by atoms with van der Waals surface area (Å²) in [7, 11) is 0. The summed E-state index contributed by atoms with van der Waals surface area (Å²) in [5.74, 6) is -1.61. The van der Waals surface area contributed by atoms with Gasteiger partial charge in [-0.3, -0.25) is 24.5 Å². The Kier molecular flexibility index (Phi) is 7.90. The second-order valence-corrected chi connectivity index (χ2v) is 6.93. The number of nitro benzene ring substituents is 1. The molecule has 2 rings (SSSR count). The summed E-state index contributed by atoms with van der Waals surface area (Å²) in [6.45, 7) is 1.35. The van der Waals surface area contributed by atoms with E-state index in [0.29, 0.717) is 5.56 Å². The van der Waals surface area contributed by atoms with Crippen LogP contribution < -0.4 is 5.32 Å². The van der Waals surface area contributed by atoms with Gasteiger partial charge >= 0.3 is 5.97 Å². The van der Waals surface area contributed by atoms with Gasteiger partial charge in [-0.05, 0) is 31.4 Å². The number of hydrogen-bond donors (Lipinski definition) is 1. The third kappa shape index (κ3) is 6.42. The van der Waals surface area contributed by atoms with Crippen LogP contribution in [0.1, 0.15) is 30.1 Å². The SMILES string of the molecule is CSc1ccc(C(=O)CCC(=O)O[C@@H](C)C(=O)Nc2ccccc2[N+](=O)[O-])cc1. The van der Waals surface area contributed by atoms with E-state index in [4.69, 9.17) is 4.74 Å². The van der Waals surface area contributed by atoms with Gasteiger partial charge in [-0.2, -0.15) is 0 Å². The number of nitrogens with one attached hydrogen (secondary N) is 1. The number of nitro groups is 1. The Morgan fingerprint density at radius 3 is 2.38 bits per heavy atom. The topological polar surface area (TPSA) is 116 Å². The van der Waals surface area contributed by atoms with Gasteiger partial charge in [0.2, 0.25) is 0 Å². The van der Waals surface area contributed by atoms with Crippen molar-refractivity contribution >= 4 is 40.8 Å². The van der Waals surface area contributed by atoms with Crippen molar-refractivity contribution in [2.75, 3.05) is 11.6 Å². The fraction of sp³-hybridized carbons (Fsp3) is 0.250. The lowest BCUT2D eigenvalue weighted by atomic mass is 10.1. The molecular weight excluding hydrogens is 396 g/mol. The fourth-order valence-electron chi connectivity index (χ4n) is 2.42. The zero-order chi connectivity index (χ0) is 21.4. The largest absolute Gasteiger partial charge is 0.453 e. The number of ether oxygens (including phenoxy) is 1. The minimum absolute atomic E-state index is 0.00858. The van der Waals surface area contributed by atoms with Crippen molar-refractivity contribution in [2.24, 2.45) is 0 Å². The summed E-state index contributed by atoms with van der Waals surface area (Å²) >= 11 is 1.56. The van der Waals surface area contributed by atoms with Crippen molar-refractivity contribution in [1.82, 2.24) is 0 Å². The van der Waals surface area contributed by atoms with E-state index in [1.807, 2.05) is 18.4 Å². The molecule has 0 saturated carbocycles. The number of hydrogen-bond acceptors (Lipinski definition) is 7. The fourth-order valence-corrected chi connectivity index (χ4v) is 2.83. The summed E-state index contributed by atoms with van der Waals surface area (Å²) in [4.78, 5) is 47.7. The molecule has 2 aromatic carbocycles. The van der Waals surface area contributed by atoms with Gasteiger partial charge in [0.15, 0.2) is 11.9 Å². The zero-order valence-electron chi connectivity index (χ0n) is 15.9. The van der Waals surface area contributed by atoms with Gasteiger partial charge in [0, 0.05) is 22.9 Å². The van der Waals surface area contributed by atoms with Crippen LogP contribution in [0.3, 0.4) is 0 Å². The molecule has 0 radical (unpaired) electrons. The second kappa shape index (κ2) is 10.4. The maximum Gasteiger partial charge on any atom is 0.307 e. The van der Waals surface area contributed by atoms with Crippen molar-refractivity contribution in [3.63, 3.8) is 0 Å². The summed E-state index contributed by atoms with van der Waals surface area (Å²) in [6.07, 6.45) is 0.542. The van der Waals surface area contributed by atoms with Gasteiger partial charge in [-0.1, -0.05) is 24.3 Å². The molecule has 0 spiro atoms. The molecule has 0 fully saturated rings. The minimum Gasteiger partial charge on any atom is -0.453 e. The molecule has 0 aliphatic heterocycles. The van der Waals surface area contributed by atoms with Crippen molar-refractivity contribution in [3.05, 3.63) is 64.2 Å². The van der Waals surface area contributed by atoms with Gasteiger partial charge in [0.25, 0.3) is 11.6 Å². The average Bonchev–Trinajstić information content (AvgIpc) is 2.72. The lowest BCUT2D eigenvalue weighted by molar-refractivity contribution is -0.383. The van der Waals surface area contributed by atoms with Crippen LogP contribution >= 0.6 is 11.8 Å². The number of thioether (sulfide) groups is 1. The van der Waals surface area contributed by atoms with Crippen LogP contribution in [-0.2, 0) is 14.3 Å². The van der Waals surface area contributed by atoms with E-state index < -0.39 is 22.9 Å². The molecule has 0 heterocycles. The number of Topliss-reactive ketones (excluding diaryl/α,β-unsaturated/α-hetero) is 1. The van der Waals surface area contributed by atoms with Crippen molar-refractivity contribution in [3.8, 4) is 0 Å². The van der Waals surface area contributed by atoms with Gasteiger partial charge in [0.05, 0.1) is 11.3 Å². The van der Waals surface area contributed by atoms with Gasteiger partial charge in [-0.15, -0.1) is 11.8 Å². The van der Waals surface area contributed by atoms with Crippen molar-refractivity contribution < 1.29 is 24.0 Å². The molecule has 0 saturated heterocycles. The molecule has 8 nitrogen and oxygen atoms in total. The van der Waals surface area contributed by atoms with Gasteiger partial charge < -0.3 is 10.1 Å². The van der Waals surface area contributed by atoms with Crippen LogP contribution in [0.25, 0.3) is 0 Å². The first kappa shape index (κ1) is 22.1. The molecule has 29 heavy (non-hydrogen) atoms. The van der Waals surface area contributed by atoms with Crippen LogP contribution in [-0.4, -0.2) is 34.9 Å². The van der Waals surface area contributed by atoms with E-state index in [1.54, 1.807) is 23.9 Å². The van der Waals surface area contributed by atoms with Crippen molar-refractivity contribution in [2.45, 2.75) is 30.8 Å². The van der Waals surface area contributed by atoms with E-state index in [9.17, 15) is 24.5 Å². The molecule has 1 N–H and O–H groups in total. The number of nitrogens with zero attached hydrogens (tertiary/aromatic N) is 1. The highest BCUT2D eigenvalue weighted by Crippen LogP contribution is 2.23. The number of anilines is 1. The first-order valence-corrected chi connectivity index (χ1v) is 9.95. The average molecular weight is 416 g/mol. The molecule has 0 aromatic heterocycles. The maximum absolute atomic E-state index is 12.2. The smallest absolute Gasteiger partial charge is 0.307 e. The minimum atomic E-state index is -1.17. The Labute approximate surface area is 171 Å². The van der Waals surface area contributed by atoms with E-state index >= 15 is 0 Å². The highest BCUT2D eigenvalue weighted by atomic mass is 32.2. The predicted octanol–water partition coefficient (Wildman–Crippen LogP) is 3.85. The van der Waals surface area contributed by atoms with Crippen LogP contribution in [0.15, 0.2) is 53.4 Å². The number of amides is 1. The molecule has 0 bridgehead atoms. The number of benzene rings is 2. The highest BCUT2D eigenvalue weighted by molar-refractivity contribution is 7.98. The Bertz CT molecular complexity index is 913. The Morgan fingerprint density at radius 1 is 1.10 bits per heavy atom. The van der Waals surface area contributed by atoms with Gasteiger partial charge in [0.1, 0.15) is 5.69 Å². The normalized spacial score (nSPS) is 11.4. The summed E-state index contributed by atoms with van der Waals surface area (Å²) in [5, 5.41) is 13.4. The molecular formula is C20H20N2O6S. The molecule has 0 aliphatic carbocycles. The number of ketones is 1. The van der Waals surface area contributed by atoms with Crippen LogP contribution in [0.4, 0.5) is 11.4 Å². The number of esters is 1. The molecule has 0 unspecified atom stereocenters. The molecule has 0 aliphatic rings. The Morgan fingerprint density at radius 2 is 1.76 bits per heavy atom. The molecule has 1 atom stereocenters. The lowest BCUT2D eigenvalue weighted by Gasteiger charge is -2.13. The van der Waals surface area contributed by atoms with E-state index in [1.165, 1.54) is 31.2 Å². The predicted molar refractivity (Wildman–Crippen MR) is 109 cm³/mol. The van der Waals surface area contributed by atoms with E-state index in [-0.39, 0.29) is 30.0 Å². The number of carbonyl (C=O) groups excluding carboxylic acids is 3. The third-order valence-electron chi connectivity index (χ3n) is 4.00. The summed E-state index contributed by atoms with van der Waals surface area (Å²) in [6, 6.07) is 12.7. The first-order valence-electron chi connectivity index (χ1n) is 8.73. The standard InChI is InChI=1S/C20H20N2O6S/c1-13(20(25)21-16-5-3-4-6-17(16)22(26)27)28-19(24)12-11-18(23)14-7-9-15(29-2)10-8-14/h3-10,13H,11-12H2,1-2H3,(H,21,25)/t13-/m0/s1. The lowest BCUT2D eigenvalue weighted by Crippen LogP contribution is -2.30. The quantitative estimate of drug-likeness (QED) is 0.217. The third-order valence-corrected chi connectivity index (χ3v) is 4.75. The zero-order valence-corrected chi connectivity index (χ0v) is 16.7. The molecule has 2 aromatic rings. The number of para-hydroxylation sites is 2. The summed E-state index contributed by atoms with van der Waals surface area (Å²) in [5.41, 5.74) is 0.240. The molecule has 1 amide bonds. The van der Waals surface area contributed by atoms with Crippen LogP contribution in [0.2, 0.25) is 0 Å². The monoisotopic (exact) mass is 416 g/mol. The molecule has 9 heteroatoms. The van der Waals surface area contributed by atoms with E-state index in [0.717, 1.165) is 4.90 Å². The highest BCUT2D eigenvalue weighted by Gasteiger charge is 2.22. The maximum atomic E-state index is 12.2. The first-order chi connectivity index (χ1) is 13.8. The van der Waals surface area contributed by atoms with Crippen molar-refractivity contribution in [1.29, 1.82) is 0 Å². The second-order valence-electron chi connectivity index (χ2n) is 6.05. The number of carbonyl (C=O) groups is 3. The summed E-state index contributed by atoms with van der Waals surface area (Å²) < 4.78 is 5.03. The van der Waals surface area contributed by atoms with Crippen LogP contribution in [0, 0.1) is 10.1 Å². The van der Waals surface area contributed by atoms with Crippen LogP contribution in [0.5, 0.6) is 0 Å². The Balaban J connectivity index is 1.85. The molecule has 152 valence electrons. The Hall–Kier alpha value is -3.20. The number of rotatable bonds is 9. The van der Waals surface area contributed by atoms with E-state index in [2.05, 4.69) is 5.32 Å².